The Hall–Kier alpha value is -3.29. The molecule has 30 heavy (non-hydrogen) atoms. The van der Waals surface area contributed by atoms with Crippen LogP contribution in [0, 0.1) is 15.9 Å². The third kappa shape index (κ3) is 6.10. The minimum atomic E-state index is -0.904. The summed E-state index contributed by atoms with van der Waals surface area (Å²) in [4.78, 5) is 37.8. The maximum absolute atomic E-state index is 14.2. The highest BCUT2D eigenvalue weighted by Gasteiger charge is 2.30. The molecule has 0 aliphatic rings. The molecule has 0 aliphatic heterocycles. The van der Waals surface area contributed by atoms with Gasteiger partial charge in [0.15, 0.2) is 0 Å². The van der Waals surface area contributed by atoms with Gasteiger partial charge in [-0.15, -0.1) is 0 Å². The largest absolute Gasteiger partial charge is 0.350 e. The maximum Gasteiger partial charge on any atom is 0.273 e. The SMILES string of the molecule is C[C@@H](C(=O)NC(C)(C)C)N(Cc1ccccc1F)C(=O)Cc1ccccc1[N+](=O)[O-]. The van der Waals surface area contributed by atoms with E-state index in [4.69, 9.17) is 0 Å². The summed E-state index contributed by atoms with van der Waals surface area (Å²) in [5.74, 6) is -1.40. The van der Waals surface area contributed by atoms with Gasteiger partial charge in [0.25, 0.3) is 5.69 Å². The lowest BCUT2D eigenvalue weighted by Gasteiger charge is -2.31. The van der Waals surface area contributed by atoms with Crippen molar-refractivity contribution in [3.8, 4) is 0 Å². The van der Waals surface area contributed by atoms with Gasteiger partial charge in [-0.3, -0.25) is 19.7 Å². The highest BCUT2D eigenvalue weighted by Crippen LogP contribution is 2.21. The average Bonchev–Trinajstić information content (AvgIpc) is 2.65. The normalized spacial score (nSPS) is 12.2. The van der Waals surface area contributed by atoms with E-state index in [0.717, 1.165) is 0 Å². The average molecular weight is 415 g/mol. The van der Waals surface area contributed by atoms with Gasteiger partial charge in [-0.1, -0.05) is 36.4 Å². The van der Waals surface area contributed by atoms with Crippen molar-refractivity contribution in [2.24, 2.45) is 0 Å². The molecule has 0 saturated heterocycles. The molecule has 0 aromatic heterocycles. The van der Waals surface area contributed by atoms with E-state index >= 15 is 0 Å². The number of para-hydroxylation sites is 1. The summed E-state index contributed by atoms with van der Waals surface area (Å²) >= 11 is 0. The van der Waals surface area contributed by atoms with E-state index in [2.05, 4.69) is 5.32 Å². The fraction of sp³-hybridized carbons (Fsp3) is 0.364. The number of hydrogen-bond acceptors (Lipinski definition) is 4. The van der Waals surface area contributed by atoms with Crippen LogP contribution < -0.4 is 5.32 Å². The van der Waals surface area contributed by atoms with E-state index in [0.29, 0.717) is 0 Å². The minimum absolute atomic E-state index is 0.134. The van der Waals surface area contributed by atoms with Gasteiger partial charge < -0.3 is 10.2 Å². The summed E-state index contributed by atoms with van der Waals surface area (Å²) in [6, 6.07) is 11.0. The summed E-state index contributed by atoms with van der Waals surface area (Å²) < 4.78 is 14.2. The zero-order valence-corrected chi connectivity index (χ0v) is 17.5. The summed E-state index contributed by atoms with van der Waals surface area (Å²) in [5.41, 5.74) is -0.210. The van der Waals surface area contributed by atoms with Crippen LogP contribution in [0.3, 0.4) is 0 Å². The molecule has 1 atom stereocenters. The molecule has 8 heteroatoms. The quantitative estimate of drug-likeness (QED) is 0.552. The van der Waals surface area contributed by atoms with Crippen molar-refractivity contribution in [3.05, 3.63) is 75.6 Å². The lowest BCUT2D eigenvalue weighted by Crippen LogP contribution is -2.52. The van der Waals surface area contributed by atoms with E-state index < -0.39 is 34.1 Å². The molecule has 160 valence electrons. The maximum atomic E-state index is 14.2. The molecule has 2 aromatic rings. The van der Waals surface area contributed by atoms with Crippen molar-refractivity contribution in [1.29, 1.82) is 0 Å². The lowest BCUT2D eigenvalue weighted by molar-refractivity contribution is -0.385. The van der Waals surface area contributed by atoms with Crippen molar-refractivity contribution in [2.45, 2.75) is 52.2 Å². The zero-order chi connectivity index (χ0) is 22.5. The number of carbonyl (C=O) groups excluding carboxylic acids is 2. The van der Waals surface area contributed by atoms with E-state index in [1.54, 1.807) is 19.1 Å². The summed E-state index contributed by atoms with van der Waals surface area (Å²) in [5, 5.41) is 14.1. The Morgan fingerprint density at radius 3 is 2.23 bits per heavy atom. The van der Waals surface area contributed by atoms with Crippen LogP contribution in [-0.2, 0) is 22.6 Å². The second-order valence-electron chi connectivity index (χ2n) is 8.09. The number of halogens is 1. The van der Waals surface area contributed by atoms with E-state index in [1.165, 1.54) is 41.3 Å². The summed E-state index contributed by atoms with van der Waals surface area (Å²) in [6.45, 7) is 6.86. The van der Waals surface area contributed by atoms with Crippen LogP contribution in [0.4, 0.5) is 10.1 Å². The number of nitro groups is 1. The number of rotatable bonds is 7. The molecule has 7 nitrogen and oxygen atoms in total. The fourth-order valence-electron chi connectivity index (χ4n) is 2.97. The van der Waals surface area contributed by atoms with Crippen LogP contribution in [-0.4, -0.2) is 33.2 Å². The molecular formula is C22H26FN3O4. The van der Waals surface area contributed by atoms with Gasteiger partial charge in [0.2, 0.25) is 11.8 Å². The monoisotopic (exact) mass is 415 g/mol. The Balaban J connectivity index is 2.35. The Morgan fingerprint density at radius 1 is 1.10 bits per heavy atom. The highest BCUT2D eigenvalue weighted by molar-refractivity contribution is 5.88. The van der Waals surface area contributed by atoms with Crippen molar-refractivity contribution in [3.63, 3.8) is 0 Å². The van der Waals surface area contributed by atoms with Crippen LogP contribution in [0.5, 0.6) is 0 Å². The molecule has 1 N–H and O–H groups in total. The first-order valence-corrected chi connectivity index (χ1v) is 9.57. The zero-order valence-electron chi connectivity index (χ0n) is 17.5. The molecule has 2 aromatic carbocycles. The van der Waals surface area contributed by atoms with Crippen LogP contribution in [0.25, 0.3) is 0 Å². The number of nitrogens with one attached hydrogen (secondary N) is 1. The second-order valence-corrected chi connectivity index (χ2v) is 8.09. The van der Waals surface area contributed by atoms with Crippen molar-refractivity contribution in [1.82, 2.24) is 10.2 Å². The van der Waals surface area contributed by atoms with Gasteiger partial charge in [-0.05, 0) is 33.8 Å². The van der Waals surface area contributed by atoms with Gasteiger partial charge in [-0.2, -0.15) is 0 Å². The molecule has 0 fully saturated rings. The molecule has 0 spiro atoms. The van der Waals surface area contributed by atoms with Gasteiger partial charge in [0.1, 0.15) is 11.9 Å². The van der Waals surface area contributed by atoms with Crippen LogP contribution in [0.15, 0.2) is 48.5 Å². The van der Waals surface area contributed by atoms with Crippen molar-refractivity contribution in [2.75, 3.05) is 0 Å². The smallest absolute Gasteiger partial charge is 0.273 e. The van der Waals surface area contributed by atoms with Gasteiger partial charge in [-0.25, -0.2) is 4.39 Å². The van der Waals surface area contributed by atoms with Crippen molar-refractivity contribution < 1.29 is 18.9 Å². The Morgan fingerprint density at radius 2 is 1.67 bits per heavy atom. The Kier molecular flexibility index (Phi) is 7.26. The minimum Gasteiger partial charge on any atom is -0.350 e. The predicted octanol–water partition coefficient (Wildman–Crippen LogP) is 3.61. The Bertz CT molecular complexity index is 940. The number of nitrogens with zero attached hydrogens (tertiary/aromatic N) is 2. The van der Waals surface area contributed by atoms with E-state index in [1.807, 2.05) is 20.8 Å². The van der Waals surface area contributed by atoms with Crippen LogP contribution in [0.1, 0.15) is 38.8 Å². The molecule has 0 heterocycles. The molecule has 0 unspecified atom stereocenters. The third-order valence-corrected chi connectivity index (χ3v) is 4.49. The van der Waals surface area contributed by atoms with Gasteiger partial charge in [0.05, 0.1) is 11.3 Å². The standard InChI is InChI=1S/C22H26FN3O4/c1-15(21(28)24-22(2,3)4)25(14-17-10-5-7-11-18(17)23)20(27)13-16-9-6-8-12-19(16)26(29)30/h5-12,15H,13-14H2,1-4H3,(H,24,28)/t15-/m0/s1. The molecule has 0 radical (unpaired) electrons. The number of amides is 2. The topological polar surface area (TPSA) is 92.6 Å². The number of nitro benzene ring substituents is 1. The number of carbonyl (C=O) groups is 2. The Labute approximate surface area is 175 Å². The molecule has 2 amide bonds. The van der Waals surface area contributed by atoms with E-state index in [9.17, 15) is 24.1 Å². The second kappa shape index (κ2) is 9.47. The summed E-state index contributed by atoms with van der Waals surface area (Å²) in [7, 11) is 0. The summed E-state index contributed by atoms with van der Waals surface area (Å²) in [6.07, 6.45) is -0.279. The molecule has 2 rings (SSSR count). The fourth-order valence-corrected chi connectivity index (χ4v) is 2.97. The number of benzene rings is 2. The molecule has 0 aliphatic carbocycles. The third-order valence-electron chi connectivity index (χ3n) is 4.49. The molecule has 0 bridgehead atoms. The highest BCUT2D eigenvalue weighted by atomic mass is 19.1. The lowest BCUT2D eigenvalue weighted by atomic mass is 10.1. The predicted molar refractivity (Wildman–Crippen MR) is 111 cm³/mol. The van der Waals surface area contributed by atoms with Crippen molar-refractivity contribution >= 4 is 17.5 Å². The first-order valence-electron chi connectivity index (χ1n) is 9.57. The molecular weight excluding hydrogens is 389 g/mol. The number of hydrogen-bond donors (Lipinski definition) is 1. The van der Waals surface area contributed by atoms with Gasteiger partial charge >= 0.3 is 0 Å². The molecule has 0 saturated carbocycles. The van der Waals surface area contributed by atoms with Crippen LogP contribution >= 0.6 is 0 Å². The van der Waals surface area contributed by atoms with E-state index in [-0.39, 0.29) is 29.8 Å². The van der Waals surface area contributed by atoms with Gasteiger partial charge in [0, 0.05) is 29.3 Å². The first-order chi connectivity index (χ1) is 14.0. The van der Waals surface area contributed by atoms with Crippen LogP contribution in [0.2, 0.25) is 0 Å². The first kappa shape index (κ1) is 23.0.